The van der Waals surface area contributed by atoms with Crippen LogP contribution in [0.3, 0.4) is 0 Å². The lowest BCUT2D eigenvalue weighted by atomic mass is 9.99. The molecule has 0 aliphatic carbocycles. The number of rotatable bonds is 7. The van der Waals surface area contributed by atoms with Gasteiger partial charge in [-0.1, -0.05) is 34.1 Å². The maximum Gasteiger partial charge on any atom is 0.220 e. The number of aliphatic hydroxyl groups excluding tert-OH is 1. The Morgan fingerprint density at radius 2 is 1.93 bits per heavy atom. The lowest BCUT2D eigenvalue weighted by molar-refractivity contribution is -0.123. The molecule has 0 heterocycles. The topological polar surface area (TPSA) is 49.3 Å². The van der Waals surface area contributed by atoms with Crippen molar-refractivity contribution in [1.29, 1.82) is 0 Å². The van der Waals surface area contributed by atoms with Crippen LogP contribution in [0, 0.1) is 11.8 Å². The molecule has 3 nitrogen and oxygen atoms in total. The van der Waals surface area contributed by atoms with Crippen molar-refractivity contribution in [2.45, 2.75) is 53.0 Å². The molecule has 0 spiro atoms. The predicted molar refractivity (Wildman–Crippen MR) is 62.5 cm³/mol. The molecule has 2 unspecified atom stereocenters. The fourth-order valence-corrected chi connectivity index (χ4v) is 1.44. The molecule has 0 saturated carbocycles. The summed E-state index contributed by atoms with van der Waals surface area (Å²) in [4.78, 5) is 11.6. The molecule has 0 aromatic carbocycles. The Balaban J connectivity index is 3.99. The highest BCUT2D eigenvalue weighted by atomic mass is 16.3. The summed E-state index contributed by atoms with van der Waals surface area (Å²) in [6.45, 7) is 8.42. The molecule has 2 N–H and O–H groups in total. The molecule has 3 heteroatoms. The Morgan fingerprint density at radius 3 is 2.33 bits per heavy atom. The minimum absolute atomic E-state index is 0.103. The Labute approximate surface area is 93.3 Å². The molecule has 0 rings (SSSR count). The maximum atomic E-state index is 11.6. The third-order valence-corrected chi connectivity index (χ3v) is 2.82. The molecule has 0 aliphatic rings. The van der Waals surface area contributed by atoms with E-state index >= 15 is 0 Å². The van der Waals surface area contributed by atoms with E-state index in [9.17, 15) is 4.79 Å². The average Bonchev–Trinajstić information content (AvgIpc) is 2.16. The normalized spacial score (nSPS) is 15.1. The lowest BCUT2D eigenvalue weighted by Crippen LogP contribution is -2.39. The summed E-state index contributed by atoms with van der Waals surface area (Å²) in [7, 11) is 0. The molecule has 90 valence electrons. The van der Waals surface area contributed by atoms with Crippen molar-refractivity contribution in [3.8, 4) is 0 Å². The van der Waals surface area contributed by atoms with Gasteiger partial charge >= 0.3 is 0 Å². The van der Waals surface area contributed by atoms with Gasteiger partial charge in [-0.3, -0.25) is 4.79 Å². The van der Waals surface area contributed by atoms with E-state index in [1.807, 2.05) is 0 Å². The summed E-state index contributed by atoms with van der Waals surface area (Å²) < 4.78 is 0. The van der Waals surface area contributed by atoms with Crippen LogP contribution in [-0.2, 0) is 4.79 Å². The zero-order valence-corrected chi connectivity index (χ0v) is 10.4. The van der Waals surface area contributed by atoms with Crippen molar-refractivity contribution < 1.29 is 9.90 Å². The van der Waals surface area contributed by atoms with E-state index in [1.54, 1.807) is 0 Å². The number of amides is 1. The largest absolute Gasteiger partial charge is 0.396 e. The standard InChI is InChI=1S/C12H25NO2/c1-5-10(4)8-12(15)13-11(6-7-14)9(2)3/h9-11,14H,5-8H2,1-4H3,(H,13,15). The first-order valence-electron chi connectivity index (χ1n) is 5.91. The van der Waals surface area contributed by atoms with Gasteiger partial charge in [0.05, 0.1) is 0 Å². The van der Waals surface area contributed by atoms with Crippen molar-refractivity contribution in [2.75, 3.05) is 6.61 Å². The highest BCUT2D eigenvalue weighted by Crippen LogP contribution is 2.09. The highest BCUT2D eigenvalue weighted by Gasteiger charge is 2.16. The molecule has 0 aromatic heterocycles. The Morgan fingerprint density at radius 1 is 1.33 bits per heavy atom. The van der Waals surface area contributed by atoms with Gasteiger partial charge in [0, 0.05) is 19.1 Å². The van der Waals surface area contributed by atoms with E-state index in [0.717, 1.165) is 6.42 Å². The summed E-state index contributed by atoms with van der Waals surface area (Å²) in [6.07, 6.45) is 2.26. The van der Waals surface area contributed by atoms with E-state index in [0.29, 0.717) is 24.7 Å². The van der Waals surface area contributed by atoms with Crippen molar-refractivity contribution in [3.63, 3.8) is 0 Å². The van der Waals surface area contributed by atoms with E-state index in [4.69, 9.17) is 5.11 Å². The first-order chi connectivity index (χ1) is 7.01. The highest BCUT2D eigenvalue weighted by molar-refractivity contribution is 5.76. The van der Waals surface area contributed by atoms with Crippen LogP contribution in [0.5, 0.6) is 0 Å². The SMILES string of the molecule is CCC(C)CC(=O)NC(CCO)C(C)C. The fourth-order valence-electron chi connectivity index (χ4n) is 1.44. The van der Waals surface area contributed by atoms with Crippen LogP contribution in [0.25, 0.3) is 0 Å². The molecular weight excluding hydrogens is 190 g/mol. The van der Waals surface area contributed by atoms with Gasteiger partial charge in [-0.15, -0.1) is 0 Å². The molecular formula is C12H25NO2. The minimum Gasteiger partial charge on any atom is -0.396 e. The molecule has 15 heavy (non-hydrogen) atoms. The number of carbonyl (C=O) groups excluding carboxylic acids is 1. The number of nitrogens with one attached hydrogen (secondary N) is 1. The number of carbonyl (C=O) groups is 1. The van der Waals surface area contributed by atoms with Crippen molar-refractivity contribution in [1.82, 2.24) is 5.32 Å². The summed E-state index contributed by atoms with van der Waals surface area (Å²) >= 11 is 0. The molecule has 0 radical (unpaired) electrons. The van der Waals surface area contributed by atoms with Gasteiger partial charge in [-0.2, -0.15) is 0 Å². The van der Waals surface area contributed by atoms with Gasteiger partial charge in [-0.25, -0.2) is 0 Å². The third kappa shape index (κ3) is 6.50. The van der Waals surface area contributed by atoms with Crippen LogP contribution in [-0.4, -0.2) is 23.7 Å². The minimum atomic E-state index is 0.103. The van der Waals surface area contributed by atoms with Gasteiger partial charge in [0.15, 0.2) is 0 Å². The lowest BCUT2D eigenvalue weighted by Gasteiger charge is -2.22. The molecule has 0 aliphatic heterocycles. The zero-order valence-electron chi connectivity index (χ0n) is 10.4. The first-order valence-corrected chi connectivity index (χ1v) is 5.91. The Kier molecular flexibility index (Phi) is 7.39. The van der Waals surface area contributed by atoms with Gasteiger partial charge in [0.2, 0.25) is 5.91 Å². The fraction of sp³-hybridized carbons (Fsp3) is 0.917. The first kappa shape index (κ1) is 14.4. The summed E-state index contributed by atoms with van der Waals surface area (Å²) in [5.74, 6) is 0.918. The van der Waals surface area contributed by atoms with Gasteiger partial charge in [0.1, 0.15) is 0 Å². The smallest absolute Gasteiger partial charge is 0.220 e. The number of hydrogen-bond acceptors (Lipinski definition) is 2. The molecule has 2 atom stereocenters. The third-order valence-electron chi connectivity index (χ3n) is 2.82. The number of aliphatic hydroxyl groups is 1. The van der Waals surface area contributed by atoms with Crippen LogP contribution >= 0.6 is 0 Å². The monoisotopic (exact) mass is 215 g/mol. The van der Waals surface area contributed by atoms with Crippen molar-refractivity contribution in [2.24, 2.45) is 11.8 Å². The van der Waals surface area contributed by atoms with Crippen molar-refractivity contribution in [3.05, 3.63) is 0 Å². The Hall–Kier alpha value is -0.570. The van der Waals surface area contributed by atoms with Crippen LogP contribution in [0.1, 0.15) is 47.0 Å². The molecule has 0 fully saturated rings. The second-order valence-corrected chi connectivity index (χ2v) is 4.65. The van der Waals surface area contributed by atoms with E-state index < -0.39 is 0 Å². The zero-order chi connectivity index (χ0) is 11.8. The van der Waals surface area contributed by atoms with Gasteiger partial charge in [0.25, 0.3) is 0 Å². The molecule has 1 amide bonds. The second-order valence-electron chi connectivity index (χ2n) is 4.65. The average molecular weight is 215 g/mol. The van der Waals surface area contributed by atoms with Gasteiger partial charge < -0.3 is 10.4 Å². The van der Waals surface area contributed by atoms with Crippen LogP contribution in [0.2, 0.25) is 0 Å². The van der Waals surface area contributed by atoms with Crippen LogP contribution in [0.4, 0.5) is 0 Å². The Bertz CT molecular complexity index is 180. The van der Waals surface area contributed by atoms with Crippen molar-refractivity contribution >= 4 is 5.91 Å². The van der Waals surface area contributed by atoms with E-state index in [1.165, 1.54) is 0 Å². The molecule has 0 aromatic rings. The molecule has 0 bridgehead atoms. The van der Waals surface area contributed by atoms with E-state index in [2.05, 4.69) is 33.0 Å². The molecule has 0 saturated heterocycles. The number of hydrogen-bond donors (Lipinski definition) is 2. The second kappa shape index (κ2) is 7.69. The van der Waals surface area contributed by atoms with Crippen LogP contribution < -0.4 is 5.32 Å². The quantitative estimate of drug-likeness (QED) is 0.682. The summed E-state index contributed by atoms with van der Waals surface area (Å²) in [6, 6.07) is 0.103. The summed E-state index contributed by atoms with van der Waals surface area (Å²) in [5.41, 5.74) is 0. The summed E-state index contributed by atoms with van der Waals surface area (Å²) in [5, 5.41) is 11.9. The predicted octanol–water partition coefficient (Wildman–Crippen LogP) is 1.95. The van der Waals surface area contributed by atoms with E-state index in [-0.39, 0.29) is 18.6 Å². The van der Waals surface area contributed by atoms with Crippen LogP contribution in [0.15, 0.2) is 0 Å². The van der Waals surface area contributed by atoms with Gasteiger partial charge in [-0.05, 0) is 18.3 Å². The maximum absolute atomic E-state index is 11.6.